The molecule has 0 saturated carbocycles. The Morgan fingerprint density at radius 3 is 2.42 bits per heavy atom. The van der Waals surface area contributed by atoms with Crippen molar-refractivity contribution < 1.29 is 13.5 Å². The lowest BCUT2D eigenvalue weighted by Gasteiger charge is -2.21. The molecule has 0 spiro atoms. The molecule has 0 aliphatic carbocycles. The summed E-state index contributed by atoms with van der Waals surface area (Å²) < 4.78 is 27.0. The SMILES string of the molecule is CC#Cc1ccc(S(=O)(=O)NC(C)(C)C)c(CO)c1. The van der Waals surface area contributed by atoms with Gasteiger partial charge in [-0.15, -0.1) is 5.92 Å². The molecule has 0 aliphatic heterocycles. The highest BCUT2D eigenvalue weighted by Crippen LogP contribution is 2.19. The summed E-state index contributed by atoms with van der Waals surface area (Å²) in [5, 5.41) is 9.33. The van der Waals surface area contributed by atoms with Crippen molar-refractivity contribution in [3.63, 3.8) is 0 Å². The summed E-state index contributed by atoms with van der Waals surface area (Å²) in [5.41, 5.74) is 0.450. The van der Waals surface area contributed by atoms with Crippen LogP contribution in [0.15, 0.2) is 23.1 Å². The van der Waals surface area contributed by atoms with Crippen LogP contribution in [0.4, 0.5) is 0 Å². The van der Waals surface area contributed by atoms with Crippen LogP contribution in [0.5, 0.6) is 0 Å². The number of sulfonamides is 1. The van der Waals surface area contributed by atoms with E-state index in [0.29, 0.717) is 11.1 Å². The molecule has 0 amide bonds. The fraction of sp³-hybridized carbons (Fsp3) is 0.429. The number of benzene rings is 1. The van der Waals surface area contributed by atoms with Gasteiger partial charge in [-0.3, -0.25) is 0 Å². The Balaban J connectivity index is 3.30. The topological polar surface area (TPSA) is 66.4 Å². The fourth-order valence-corrected chi connectivity index (χ4v) is 3.28. The van der Waals surface area contributed by atoms with E-state index in [0.717, 1.165) is 0 Å². The molecule has 5 heteroatoms. The van der Waals surface area contributed by atoms with E-state index in [1.165, 1.54) is 6.07 Å². The van der Waals surface area contributed by atoms with Crippen LogP contribution in [0.3, 0.4) is 0 Å². The minimum Gasteiger partial charge on any atom is -0.392 e. The third-order valence-electron chi connectivity index (χ3n) is 2.23. The van der Waals surface area contributed by atoms with Crippen molar-refractivity contribution in [2.45, 2.75) is 44.7 Å². The Morgan fingerprint density at radius 2 is 1.95 bits per heavy atom. The van der Waals surface area contributed by atoms with Gasteiger partial charge in [0, 0.05) is 11.1 Å². The minimum absolute atomic E-state index is 0.0894. The maximum Gasteiger partial charge on any atom is 0.241 e. The smallest absolute Gasteiger partial charge is 0.241 e. The molecule has 4 nitrogen and oxygen atoms in total. The molecule has 0 fully saturated rings. The molecular weight excluding hydrogens is 262 g/mol. The number of hydrogen-bond donors (Lipinski definition) is 2. The maximum absolute atomic E-state index is 12.2. The van der Waals surface area contributed by atoms with Gasteiger partial charge in [-0.2, -0.15) is 0 Å². The average Bonchev–Trinajstić information content (AvgIpc) is 2.25. The molecule has 0 heterocycles. The van der Waals surface area contributed by atoms with Gasteiger partial charge in [-0.05, 0) is 51.5 Å². The molecule has 104 valence electrons. The van der Waals surface area contributed by atoms with Crippen molar-refractivity contribution in [3.8, 4) is 11.8 Å². The van der Waals surface area contributed by atoms with E-state index in [4.69, 9.17) is 0 Å². The zero-order valence-corrected chi connectivity index (χ0v) is 12.4. The summed E-state index contributed by atoms with van der Waals surface area (Å²) in [4.78, 5) is 0.0894. The zero-order valence-electron chi connectivity index (χ0n) is 11.6. The van der Waals surface area contributed by atoms with Crippen molar-refractivity contribution in [1.29, 1.82) is 0 Å². The molecule has 0 aromatic heterocycles. The largest absolute Gasteiger partial charge is 0.392 e. The first-order valence-electron chi connectivity index (χ1n) is 5.90. The number of hydrogen-bond acceptors (Lipinski definition) is 3. The van der Waals surface area contributed by atoms with Crippen molar-refractivity contribution in [2.24, 2.45) is 0 Å². The first kappa shape index (κ1) is 15.7. The van der Waals surface area contributed by atoms with Crippen LogP contribution in [0, 0.1) is 11.8 Å². The summed E-state index contributed by atoms with van der Waals surface area (Å²) in [5.74, 6) is 5.57. The molecule has 0 bridgehead atoms. The lowest BCUT2D eigenvalue weighted by molar-refractivity contribution is 0.278. The van der Waals surface area contributed by atoms with E-state index in [-0.39, 0.29) is 11.5 Å². The average molecular weight is 281 g/mol. The summed E-state index contributed by atoms with van der Waals surface area (Å²) >= 11 is 0. The molecule has 1 aromatic carbocycles. The molecule has 0 radical (unpaired) electrons. The van der Waals surface area contributed by atoms with Gasteiger partial charge in [0.25, 0.3) is 0 Å². The molecule has 1 aromatic rings. The molecule has 0 atom stereocenters. The van der Waals surface area contributed by atoms with Crippen molar-refractivity contribution in [3.05, 3.63) is 29.3 Å². The Hall–Kier alpha value is -1.35. The molecule has 0 unspecified atom stereocenters. The van der Waals surface area contributed by atoms with Gasteiger partial charge in [0.1, 0.15) is 0 Å². The van der Waals surface area contributed by atoms with Crippen LogP contribution in [0.25, 0.3) is 0 Å². The van der Waals surface area contributed by atoms with Gasteiger partial charge < -0.3 is 5.11 Å². The van der Waals surface area contributed by atoms with Crippen LogP contribution in [-0.4, -0.2) is 19.1 Å². The number of nitrogens with one attached hydrogen (secondary N) is 1. The van der Waals surface area contributed by atoms with Crippen LogP contribution in [0.1, 0.15) is 38.8 Å². The second-order valence-electron chi connectivity index (χ2n) is 5.21. The first-order valence-corrected chi connectivity index (χ1v) is 7.38. The molecule has 1 rings (SSSR count). The van der Waals surface area contributed by atoms with Crippen molar-refractivity contribution in [2.75, 3.05) is 0 Å². The predicted octanol–water partition coefficient (Wildman–Crippen LogP) is 1.63. The summed E-state index contributed by atoms with van der Waals surface area (Å²) in [6.07, 6.45) is 0. The summed E-state index contributed by atoms with van der Waals surface area (Å²) in [6.45, 7) is 6.64. The van der Waals surface area contributed by atoms with E-state index in [1.54, 1.807) is 39.8 Å². The van der Waals surface area contributed by atoms with Crippen LogP contribution in [-0.2, 0) is 16.6 Å². The van der Waals surface area contributed by atoms with Gasteiger partial charge in [0.05, 0.1) is 11.5 Å². The third kappa shape index (κ3) is 4.35. The summed E-state index contributed by atoms with van der Waals surface area (Å²) in [7, 11) is -3.65. The van der Waals surface area contributed by atoms with Gasteiger partial charge >= 0.3 is 0 Å². The first-order chi connectivity index (χ1) is 8.69. The fourth-order valence-electron chi connectivity index (χ4n) is 1.65. The molecule has 2 N–H and O–H groups in total. The second-order valence-corrected chi connectivity index (χ2v) is 6.86. The summed E-state index contributed by atoms with van der Waals surface area (Å²) in [6, 6.07) is 4.69. The maximum atomic E-state index is 12.2. The van der Waals surface area contributed by atoms with E-state index in [2.05, 4.69) is 16.6 Å². The molecular formula is C14H19NO3S. The van der Waals surface area contributed by atoms with Gasteiger partial charge in [0.15, 0.2) is 0 Å². The van der Waals surface area contributed by atoms with Gasteiger partial charge in [-0.1, -0.05) is 5.92 Å². The lowest BCUT2D eigenvalue weighted by Crippen LogP contribution is -2.40. The molecule has 0 aliphatic rings. The van der Waals surface area contributed by atoms with Crippen LogP contribution < -0.4 is 4.72 Å². The molecule has 19 heavy (non-hydrogen) atoms. The highest BCUT2D eigenvalue weighted by Gasteiger charge is 2.24. The van der Waals surface area contributed by atoms with Gasteiger partial charge in [0.2, 0.25) is 10.0 Å². The number of aliphatic hydroxyl groups excluding tert-OH is 1. The van der Waals surface area contributed by atoms with E-state index >= 15 is 0 Å². The number of rotatable bonds is 3. The Morgan fingerprint density at radius 1 is 1.32 bits per heavy atom. The van der Waals surface area contributed by atoms with Crippen LogP contribution >= 0.6 is 0 Å². The Labute approximate surface area is 114 Å². The van der Waals surface area contributed by atoms with Crippen molar-refractivity contribution >= 4 is 10.0 Å². The van der Waals surface area contributed by atoms with Crippen molar-refractivity contribution in [1.82, 2.24) is 4.72 Å². The Bertz CT molecular complexity index is 616. The van der Waals surface area contributed by atoms with Crippen LogP contribution in [0.2, 0.25) is 0 Å². The lowest BCUT2D eigenvalue weighted by atomic mass is 10.1. The number of aliphatic hydroxyl groups is 1. The highest BCUT2D eigenvalue weighted by atomic mass is 32.2. The van der Waals surface area contributed by atoms with E-state index in [1.807, 2.05) is 0 Å². The van der Waals surface area contributed by atoms with E-state index in [9.17, 15) is 13.5 Å². The Kier molecular flexibility index (Phi) is 4.75. The normalized spacial score (nSPS) is 11.8. The van der Waals surface area contributed by atoms with E-state index < -0.39 is 15.6 Å². The molecule has 0 saturated heterocycles. The predicted molar refractivity (Wildman–Crippen MR) is 75.0 cm³/mol. The quantitative estimate of drug-likeness (QED) is 0.828. The zero-order chi connectivity index (χ0) is 14.7. The minimum atomic E-state index is -3.65. The second kappa shape index (κ2) is 5.74. The third-order valence-corrected chi connectivity index (χ3v) is 4.09. The monoisotopic (exact) mass is 281 g/mol. The van der Waals surface area contributed by atoms with Gasteiger partial charge in [-0.25, -0.2) is 13.1 Å². The standard InChI is InChI=1S/C14H19NO3S/c1-5-6-11-7-8-13(12(9-11)10-16)19(17,18)15-14(2,3)4/h7-9,15-16H,10H2,1-4H3. The highest BCUT2D eigenvalue weighted by molar-refractivity contribution is 7.89.